The lowest BCUT2D eigenvalue weighted by Gasteiger charge is -2.34. The molecule has 0 aliphatic heterocycles. The minimum Gasteiger partial charge on any atom is -0.310 e. The van der Waals surface area contributed by atoms with Crippen molar-refractivity contribution in [1.82, 2.24) is 0 Å². The summed E-state index contributed by atoms with van der Waals surface area (Å²) in [4.78, 5) is 2.50. The molecule has 6 aromatic carbocycles. The summed E-state index contributed by atoms with van der Waals surface area (Å²) in [5, 5.41) is 0. The third-order valence-electron chi connectivity index (χ3n) is 12.5. The molecule has 10 rings (SSSR count). The SMILES string of the molecule is CC1=CC2=C(CC1)C1(c3ccccc32)c2ccccc2-c2cc(N(c3ccc4c(c3)C(C)(C)C=C/C=C\C=C\4C)c3ccccc3-c3ccccc3)ccc21. The second-order valence-corrected chi connectivity index (χ2v) is 16.2. The average Bonchev–Trinajstić information content (AvgIpc) is 3.69. The van der Waals surface area contributed by atoms with E-state index in [1.54, 1.807) is 5.57 Å². The second kappa shape index (κ2) is 12.7. The van der Waals surface area contributed by atoms with Gasteiger partial charge >= 0.3 is 0 Å². The predicted molar refractivity (Wildman–Crippen MR) is 233 cm³/mol. The van der Waals surface area contributed by atoms with Gasteiger partial charge in [0.25, 0.3) is 0 Å². The molecule has 0 heterocycles. The van der Waals surface area contributed by atoms with E-state index in [0.717, 1.165) is 29.9 Å². The molecular formula is C54H45N. The van der Waals surface area contributed by atoms with Crippen LogP contribution in [0.3, 0.4) is 0 Å². The minimum atomic E-state index is -0.296. The molecule has 55 heavy (non-hydrogen) atoms. The molecule has 0 N–H and O–H groups in total. The molecule has 0 saturated carbocycles. The van der Waals surface area contributed by atoms with E-state index >= 15 is 0 Å². The number of benzene rings is 6. The van der Waals surface area contributed by atoms with Crippen LogP contribution < -0.4 is 4.90 Å². The van der Waals surface area contributed by atoms with Crippen molar-refractivity contribution in [1.29, 1.82) is 0 Å². The molecule has 0 bridgehead atoms. The number of fused-ring (bicyclic) bond motifs is 10. The van der Waals surface area contributed by atoms with Crippen molar-refractivity contribution in [3.05, 3.63) is 221 Å². The lowest BCUT2D eigenvalue weighted by molar-refractivity contribution is 0.668. The molecule has 266 valence electrons. The fourth-order valence-electron chi connectivity index (χ4n) is 9.97. The summed E-state index contributed by atoms with van der Waals surface area (Å²) >= 11 is 0. The van der Waals surface area contributed by atoms with Crippen LogP contribution in [0.4, 0.5) is 17.1 Å². The second-order valence-electron chi connectivity index (χ2n) is 16.2. The van der Waals surface area contributed by atoms with Crippen molar-refractivity contribution in [2.24, 2.45) is 0 Å². The Morgan fingerprint density at radius 1 is 0.509 bits per heavy atom. The molecule has 0 aromatic heterocycles. The van der Waals surface area contributed by atoms with Crippen LogP contribution in [-0.4, -0.2) is 0 Å². The Balaban J connectivity index is 1.24. The number of nitrogens with zero attached hydrogens (tertiary/aromatic N) is 1. The molecule has 6 aromatic rings. The summed E-state index contributed by atoms with van der Waals surface area (Å²) in [6.07, 6.45) is 15.7. The normalized spacial score (nSPS) is 20.1. The van der Waals surface area contributed by atoms with Crippen molar-refractivity contribution in [3.8, 4) is 22.3 Å². The average molecular weight is 708 g/mol. The topological polar surface area (TPSA) is 3.24 Å². The van der Waals surface area contributed by atoms with Gasteiger partial charge in [0.2, 0.25) is 0 Å². The van der Waals surface area contributed by atoms with E-state index in [0.29, 0.717) is 0 Å². The minimum absolute atomic E-state index is 0.183. The highest BCUT2D eigenvalue weighted by molar-refractivity contribution is 5.99. The highest BCUT2D eigenvalue weighted by atomic mass is 15.1. The van der Waals surface area contributed by atoms with E-state index in [4.69, 9.17) is 0 Å². The molecule has 1 heteroatoms. The van der Waals surface area contributed by atoms with Crippen LogP contribution in [0.5, 0.6) is 0 Å². The maximum absolute atomic E-state index is 2.50. The Morgan fingerprint density at radius 2 is 1.16 bits per heavy atom. The van der Waals surface area contributed by atoms with Crippen molar-refractivity contribution < 1.29 is 0 Å². The smallest absolute Gasteiger partial charge is 0.0688 e. The summed E-state index contributed by atoms with van der Waals surface area (Å²) < 4.78 is 0. The molecule has 0 radical (unpaired) electrons. The van der Waals surface area contributed by atoms with E-state index in [1.165, 1.54) is 72.4 Å². The summed E-state index contributed by atoms with van der Waals surface area (Å²) in [5.41, 5.74) is 21.9. The van der Waals surface area contributed by atoms with Gasteiger partial charge in [-0.15, -0.1) is 0 Å². The standard InChI is InChI=1S/C54H45N/c1-36-26-30-49-45(33-36)43-21-10-13-23-47(43)54(49)48-24-14-11-22-44(48)46-34-39(28-31-50(46)54)55(52-25-15-12-20-42(52)38-18-8-5-9-19-38)40-27-29-41-37(2)17-7-6-16-32-53(3,4)51(41)35-40/h5-25,27-29,31-35H,26,30H2,1-4H3/b7-6-,32-16?,37-17+. The molecule has 4 aliphatic carbocycles. The summed E-state index contributed by atoms with van der Waals surface area (Å²) in [6.45, 7) is 9.18. The predicted octanol–water partition coefficient (Wildman–Crippen LogP) is 14.5. The number of rotatable bonds is 4. The van der Waals surface area contributed by atoms with Gasteiger partial charge < -0.3 is 4.90 Å². The van der Waals surface area contributed by atoms with Gasteiger partial charge in [-0.3, -0.25) is 0 Å². The van der Waals surface area contributed by atoms with Gasteiger partial charge in [0.1, 0.15) is 0 Å². The molecule has 1 unspecified atom stereocenters. The van der Waals surface area contributed by atoms with Gasteiger partial charge in [0.05, 0.1) is 11.1 Å². The van der Waals surface area contributed by atoms with Crippen molar-refractivity contribution in [3.63, 3.8) is 0 Å². The van der Waals surface area contributed by atoms with E-state index in [2.05, 4.69) is 209 Å². The molecule has 1 atom stereocenters. The highest BCUT2D eigenvalue weighted by Gasteiger charge is 2.52. The van der Waals surface area contributed by atoms with Gasteiger partial charge in [-0.25, -0.2) is 0 Å². The zero-order valence-corrected chi connectivity index (χ0v) is 32.1. The summed E-state index contributed by atoms with van der Waals surface area (Å²) in [5.74, 6) is 0. The van der Waals surface area contributed by atoms with Crippen molar-refractivity contribution in [2.45, 2.75) is 51.4 Å². The zero-order valence-electron chi connectivity index (χ0n) is 32.1. The quantitative estimate of drug-likeness (QED) is 0.176. The number of para-hydroxylation sites is 1. The number of hydrogen-bond donors (Lipinski definition) is 0. The molecule has 0 fully saturated rings. The Bertz CT molecular complexity index is 2690. The number of hydrogen-bond acceptors (Lipinski definition) is 1. The molecule has 4 aliphatic rings. The van der Waals surface area contributed by atoms with E-state index in [9.17, 15) is 0 Å². The maximum Gasteiger partial charge on any atom is 0.0688 e. The zero-order chi connectivity index (χ0) is 37.3. The molecular weight excluding hydrogens is 663 g/mol. The molecule has 0 amide bonds. The number of allylic oxidation sites excluding steroid dienone is 10. The third-order valence-corrected chi connectivity index (χ3v) is 12.5. The van der Waals surface area contributed by atoms with Crippen LogP contribution in [0.2, 0.25) is 0 Å². The lowest BCUT2D eigenvalue weighted by atomic mass is 9.68. The Hall–Kier alpha value is -6.18. The van der Waals surface area contributed by atoms with Gasteiger partial charge in [0, 0.05) is 22.4 Å². The highest BCUT2D eigenvalue weighted by Crippen LogP contribution is 2.64. The first-order valence-electron chi connectivity index (χ1n) is 19.7. The monoisotopic (exact) mass is 707 g/mol. The van der Waals surface area contributed by atoms with Crippen LogP contribution in [-0.2, 0) is 10.8 Å². The van der Waals surface area contributed by atoms with Crippen LogP contribution in [0, 0.1) is 0 Å². The lowest BCUT2D eigenvalue weighted by Crippen LogP contribution is -2.28. The largest absolute Gasteiger partial charge is 0.310 e. The molecule has 0 saturated heterocycles. The fourth-order valence-corrected chi connectivity index (χ4v) is 9.97. The third kappa shape index (κ3) is 5.06. The van der Waals surface area contributed by atoms with Crippen molar-refractivity contribution in [2.75, 3.05) is 4.90 Å². The van der Waals surface area contributed by atoms with Crippen molar-refractivity contribution >= 4 is 28.2 Å². The van der Waals surface area contributed by atoms with Gasteiger partial charge in [0.15, 0.2) is 0 Å². The van der Waals surface area contributed by atoms with E-state index in [1.807, 2.05) is 0 Å². The van der Waals surface area contributed by atoms with Crippen LogP contribution in [0.25, 0.3) is 33.4 Å². The van der Waals surface area contributed by atoms with E-state index in [-0.39, 0.29) is 10.8 Å². The maximum atomic E-state index is 2.50. The first kappa shape index (κ1) is 33.4. The first-order valence-corrected chi connectivity index (χ1v) is 19.7. The Kier molecular flexibility index (Phi) is 7.72. The van der Waals surface area contributed by atoms with E-state index < -0.39 is 0 Å². The Labute approximate surface area is 326 Å². The fraction of sp³-hybridized carbons (Fsp3) is 0.148. The van der Waals surface area contributed by atoms with Gasteiger partial charge in [-0.2, -0.15) is 0 Å². The van der Waals surface area contributed by atoms with Crippen LogP contribution in [0.1, 0.15) is 73.9 Å². The molecule has 1 spiro atoms. The Morgan fingerprint density at radius 3 is 1.98 bits per heavy atom. The van der Waals surface area contributed by atoms with Gasteiger partial charge in [-0.05, 0) is 124 Å². The number of anilines is 3. The van der Waals surface area contributed by atoms with Crippen LogP contribution in [0.15, 0.2) is 187 Å². The van der Waals surface area contributed by atoms with Crippen LogP contribution >= 0.6 is 0 Å². The summed E-state index contributed by atoms with van der Waals surface area (Å²) in [6, 6.07) is 52.5. The van der Waals surface area contributed by atoms with Gasteiger partial charge in [-0.1, -0.05) is 165 Å². The summed E-state index contributed by atoms with van der Waals surface area (Å²) in [7, 11) is 0. The molecule has 1 nitrogen and oxygen atoms in total. The first-order chi connectivity index (χ1) is 26.9.